The zero-order valence-corrected chi connectivity index (χ0v) is 18.5. The molecular formula is C25H27F2N3O3. The number of halogens is 2. The lowest BCUT2D eigenvalue weighted by molar-refractivity contribution is -0.114. The molecule has 0 aromatic heterocycles. The quantitative estimate of drug-likeness (QED) is 0.643. The topological polar surface area (TPSA) is 73.8 Å². The maximum Gasteiger partial charge on any atom is 0.221 e. The van der Waals surface area contributed by atoms with Crippen molar-refractivity contribution in [3.63, 3.8) is 0 Å². The summed E-state index contributed by atoms with van der Waals surface area (Å²) < 4.78 is 35.0. The Bertz CT molecular complexity index is 1090. The van der Waals surface area contributed by atoms with E-state index in [9.17, 15) is 18.7 Å². The zero-order valence-electron chi connectivity index (χ0n) is 18.5. The normalized spacial score (nSPS) is 19.9. The van der Waals surface area contributed by atoms with Crippen LogP contribution < -0.4 is 10.6 Å². The number of carbonyl (C=O) groups is 1. The van der Waals surface area contributed by atoms with Crippen molar-refractivity contribution < 1.29 is 23.4 Å². The highest BCUT2D eigenvalue weighted by Gasteiger charge is 2.20. The molecule has 174 valence electrons. The van der Waals surface area contributed by atoms with E-state index < -0.39 is 23.2 Å². The van der Waals surface area contributed by atoms with E-state index in [1.807, 2.05) is 6.08 Å². The number of benzene rings is 2. The van der Waals surface area contributed by atoms with E-state index in [1.54, 1.807) is 18.2 Å². The molecule has 4 rings (SSSR count). The lowest BCUT2D eigenvalue weighted by Crippen LogP contribution is -2.42. The third kappa shape index (κ3) is 5.17. The lowest BCUT2D eigenvalue weighted by Gasteiger charge is -2.31. The molecular weight excluding hydrogens is 428 g/mol. The van der Waals surface area contributed by atoms with Crippen molar-refractivity contribution in [1.29, 1.82) is 0 Å². The Morgan fingerprint density at radius 3 is 2.55 bits per heavy atom. The zero-order chi connectivity index (χ0) is 23.4. The van der Waals surface area contributed by atoms with Crippen molar-refractivity contribution in [2.75, 3.05) is 38.1 Å². The molecule has 3 N–H and O–H groups in total. The molecule has 2 aliphatic rings. The van der Waals surface area contributed by atoms with Gasteiger partial charge in [-0.3, -0.25) is 4.79 Å². The van der Waals surface area contributed by atoms with Crippen LogP contribution in [0.25, 0.3) is 16.9 Å². The first-order valence-corrected chi connectivity index (χ1v) is 11.0. The Balaban J connectivity index is 1.72. The van der Waals surface area contributed by atoms with Gasteiger partial charge in [-0.2, -0.15) is 0 Å². The van der Waals surface area contributed by atoms with Gasteiger partial charge in [0.05, 0.1) is 12.2 Å². The van der Waals surface area contributed by atoms with E-state index in [0.29, 0.717) is 17.9 Å². The maximum absolute atomic E-state index is 14.5. The standard InChI is InChI=1S/C25H27F2N3O3/c1-16(31)29-24-21(26)13-17(14-22(24)27)19-6-4-7-20(25(19)32)23-15-18(5-2-3-12-33-23)30-10-8-28-9-11-30/h4-7,13-15,28,32H,2-3,8-12H2,1H3,(H,29,31)/b18-5-,23-15-. The molecule has 0 atom stereocenters. The summed E-state index contributed by atoms with van der Waals surface area (Å²) in [5, 5.41) is 16.6. The van der Waals surface area contributed by atoms with Crippen LogP contribution in [0.5, 0.6) is 5.75 Å². The second kappa shape index (κ2) is 10.0. The average Bonchev–Trinajstić information content (AvgIpc) is 2.77. The summed E-state index contributed by atoms with van der Waals surface area (Å²) in [6.07, 6.45) is 5.84. The largest absolute Gasteiger partial charge is 0.507 e. The average molecular weight is 456 g/mol. The van der Waals surface area contributed by atoms with Crippen molar-refractivity contribution in [2.45, 2.75) is 19.8 Å². The minimum atomic E-state index is -0.921. The number of allylic oxidation sites excluding steroid dienone is 2. The first-order valence-electron chi connectivity index (χ1n) is 11.0. The number of ether oxygens (including phenoxy) is 1. The van der Waals surface area contributed by atoms with Crippen molar-refractivity contribution in [3.05, 3.63) is 65.4 Å². The number of para-hydroxylation sites is 1. The highest BCUT2D eigenvalue weighted by atomic mass is 19.1. The number of rotatable bonds is 4. The minimum Gasteiger partial charge on any atom is -0.507 e. The van der Waals surface area contributed by atoms with Gasteiger partial charge in [-0.25, -0.2) is 8.78 Å². The van der Waals surface area contributed by atoms with Crippen molar-refractivity contribution >= 4 is 17.4 Å². The number of nitrogens with zero attached hydrogens (tertiary/aromatic N) is 1. The third-order valence-electron chi connectivity index (χ3n) is 5.68. The number of anilines is 1. The van der Waals surface area contributed by atoms with E-state index in [-0.39, 0.29) is 16.9 Å². The van der Waals surface area contributed by atoms with Crippen LogP contribution in [0.3, 0.4) is 0 Å². The maximum atomic E-state index is 14.5. The Labute approximate surface area is 191 Å². The molecule has 0 bridgehead atoms. The number of nitrogens with one attached hydrogen (secondary N) is 2. The summed E-state index contributed by atoms with van der Waals surface area (Å²) in [4.78, 5) is 13.5. The van der Waals surface area contributed by atoms with Crippen LogP contribution in [0.15, 0.2) is 48.2 Å². The molecule has 0 saturated carbocycles. The van der Waals surface area contributed by atoms with E-state index in [4.69, 9.17) is 4.74 Å². The number of hydrogen-bond donors (Lipinski definition) is 3. The minimum absolute atomic E-state index is 0.130. The number of amides is 1. The van der Waals surface area contributed by atoms with E-state index in [2.05, 4.69) is 21.6 Å². The molecule has 0 radical (unpaired) electrons. The Morgan fingerprint density at radius 2 is 1.85 bits per heavy atom. The molecule has 1 amide bonds. The smallest absolute Gasteiger partial charge is 0.221 e. The molecule has 2 heterocycles. The lowest BCUT2D eigenvalue weighted by atomic mass is 9.99. The van der Waals surface area contributed by atoms with Crippen LogP contribution in [-0.4, -0.2) is 48.7 Å². The molecule has 0 unspecified atom stereocenters. The summed E-state index contributed by atoms with van der Waals surface area (Å²) in [5.74, 6) is -2.04. The van der Waals surface area contributed by atoms with Gasteiger partial charge in [-0.15, -0.1) is 0 Å². The number of phenols is 1. The van der Waals surface area contributed by atoms with Gasteiger partial charge in [0.1, 0.15) is 28.8 Å². The Kier molecular flexibility index (Phi) is 6.93. The first-order chi connectivity index (χ1) is 15.9. The fourth-order valence-electron chi connectivity index (χ4n) is 4.05. The highest BCUT2D eigenvalue weighted by Crippen LogP contribution is 2.38. The summed E-state index contributed by atoms with van der Waals surface area (Å²) in [5.41, 5.74) is 1.38. The van der Waals surface area contributed by atoms with Gasteiger partial charge in [0.2, 0.25) is 5.91 Å². The number of carbonyl (C=O) groups excluding carboxylic acids is 1. The SMILES string of the molecule is CC(=O)Nc1c(F)cc(-c2cccc(/C3=C/C(N4CCNCC4)=C/CCCO3)c2O)cc1F. The molecule has 33 heavy (non-hydrogen) atoms. The number of piperazine rings is 1. The second-order valence-electron chi connectivity index (χ2n) is 8.06. The first kappa shape index (κ1) is 22.8. The van der Waals surface area contributed by atoms with Gasteiger partial charge in [0.15, 0.2) is 0 Å². The van der Waals surface area contributed by atoms with Gasteiger partial charge in [0, 0.05) is 50.4 Å². The molecule has 2 aliphatic heterocycles. The van der Waals surface area contributed by atoms with E-state index in [1.165, 1.54) is 6.92 Å². The highest BCUT2D eigenvalue weighted by molar-refractivity contribution is 5.89. The van der Waals surface area contributed by atoms with Crippen LogP contribution in [0.1, 0.15) is 25.3 Å². The molecule has 0 aliphatic carbocycles. The summed E-state index contributed by atoms with van der Waals surface area (Å²) >= 11 is 0. The monoisotopic (exact) mass is 455 g/mol. The predicted octanol–water partition coefficient (Wildman–Crippen LogP) is 4.24. The molecule has 2 aromatic rings. The van der Waals surface area contributed by atoms with Crippen LogP contribution in [0.2, 0.25) is 0 Å². The molecule has 1 fully saturated rings. The van der Waals surface area contributed by atoms with Crippen molar-refractivity contribution in [2.24, 2.45) is 0 Å². The van der Waals surface area contributed by atoms with E-state index in [0.717, 1.165) is 56.9 Å². The van der Waals surface area contributed by atoms with Crippen molar-refractivity contribution in [3.8, 4) is 16.9 Å². The predicted molar refractivity (Wildman–Crippen MR) is 123 cm³/mol. The van der Waals surface area contributed by atoms with Gasteiger partial charge >= 0.3 is 0 Å². The molecule has 8 heteroatoms. The number of hydrogen-bond acceptors (Lipinski definition) is 5. The second-order valence-corrected chi connectivity index (χ2v) is 8.06. The number of aromatic hydroxyl groups is 1. The van der Waals surface area contributed by atoms with Crippen LogP contribution in [0, 0.1) is 11.6 Å². The van der Waals surface area contributed by atoms with Crippen molar-refractivity contribution in [1.82, 2.24) is 10.2 Å². The summed E-state index contributed by atoms with van der Waals surface area (Å²) in [6, 6.07) is 7.19. The summed E-state index contributed by atoms with van der Waals surface area (Å²) in [7, 11) is 0. The van der Waals surface area contributed by atoms with Gasteiger partial charge in [-0.05, 0) is 36.6 Å². The third-order valence-corrected chi connectivity index (χ3v) is 5.68. The Morgan fingerprint density at radius 1 is 1.15 bits per heavy atom. The van der Waals surface area contributed by atoms with Crippen LogP contribution >= 0.6 is 0 Å². The van der Waals surface area contributed by atoms with Crippen LogP contribution in [-0.2, 0) is 9.53 Å². The fourth-order valence-corrected chi connectivity index (χ4v) is 4.05. The molecule has 1 saturated heterocycles. The van der Waals surface area contributed by atoms with Gasteiger partial charge in [-0.1, -0.05) is 18.2 Å². The Hall–Kier alpha value is -3.39. The molecule has 6 nitrogen and oxygen atoms in total. The van der Waals surface area contributed by atoms with Gasteiger partial charge in [0.25, 0.3) is 0 Å². The number of phenolic OH excluding ortho intramolecular Hbond substituents is 1. The van der Waals surface area contributed by atoms with Crippen LogP contribution in [0.4, 0.5) is 14.5 Å². The molecule has 2 aromatic carbocycles. The van der Waals surface area contributed by atoms with E-state index >= 15 is 0 Å². The summed E-state index contributed by atoms with van der Waals surface area (Å²) in [6.45, 7) is 5.21. The van der Waals surface area contributed by atoms with Gasteiger partial charge < -0.3 is 25.4 Å². The molecule has 0 spiro atoms. The fraction of sp³-hybridized carbons (Fsp3) is 0.320.